The predicted octanol–water partition coefficient (Wildman–Crippen LogP) is 5.54. The Morgan fingerprint density at radius 3 is 2.59 bits per heavy atom. The normalized spacial score (nSPS) is 18.5. The van der Waals surface area contributed by atoms with E-state index in [1.165, 1.54) is 25.7 Å². The molecule has 1 amide bonds. The molecular weight excluding hydrogens is 447 g/mol. The Hall–Kier alpha value is -1.89. The van der Waals surface area contributed by atoms with Gasteiger partial charge in [0, 0.05) is 25.0 Å². The molecule has 1 aromatic heterocycles. The summed E-state index contributed by atoms with van der Waals surface area (Å²) < 4.78 is 0. The van der Waals surface area contributed by atoms with Crippen LogP contribution in [0.1, 0.15) is 68.1 Å². The molecule has 0 spiro atoms. The first kappa shape index (κ1) is 23.3. The molecule has 6 nitrogen and oxygen atoms in total. The second-order valence-electron chi connectivity index (χ2n) is 9.08. The lowest BCUT2D eigenvalue weighted by molar-refractivity contribution is 0.00526. The Morgan fingerprint density at radius 2 is 1.88 bits per heavy atom. The van der Waals surface area contributed by atoms with Crippen molar-refractivity contribution in [3.8, 4) is 0 Å². The van der Waals surface area contributed by atoms with Crippen LogP contribution < -0.4 is 10.2 Å². The number of nitrogens with one attached hydrogen (secondary N) is 1. The molecule has 0 atom stereocenters. The molecule has 0 unspecified atom stereocenters. The molecule has 1 heterocycles. The molecule has 1 aromatic carbocycles. The minimum absolute atomic E-state index is 0.187. The van der Waals surface area contributed by atoms with Gasteiger partial charge in [-0.05, 0) is 67.5 Å². The van der Waals surface area contributed by atoms with Crippen LogP contribution in [-0.4, -0.2) is 39.7 Å². The number of carbonyl (C=O) groups excluding carboxylic acids is 1. The van der Waals surface area contributed by atoms with Crippen molar-refractivity contribution in [2.75, 3.05) is 18.0 Å². The van der Waals surface area contributed by atoms with Crippen molar-refractivity contribution < 1.29 is 9.90 Å². The number of anilines is 2. The summed E-state index contributed by atoms with van der Waals surface area (Å²) in [5.41, 5.74) is 0.391. The van der Waals surface area contributed by atoms with Crippen LogP contribution >= 0.6 is 23.2 Å². The first-order valence-electron chi connectivity index (χ1n) is 11.5. The van der Waals surface area contributed by atoms with Gasteiger partial charge in [-0.25, -0.2) is 9.97 Å². The average Bonchev–Trinajstić information content (AvgIpc) is 3.30. The molecule has 2 aromatic rings. The quantitative estimate of drug-likeness (QED) is 0.513. The van der Waals surface area contributed by atoms with Gasteiger partial charge in [-0.3, -0.25) is 4.79 Å². The third kappa shape index (κ3) is 5.72. The summed E-state index contributed by atoms with van der Waals surface area (Å²) in [5.74, 6) is 0.969. The summed E-state index contributed by atoms with van der Waals surface area (Å²) in [7, 11) is 0. The lowest BCUT2D eigenvalue weighted by Gasteiger charge is -2.32. The summed E-state index contributed by atoms with van der Waals surface area (Å²) >= 11 is 12.5. The van der Waals surface area contributed by atoms with E-state index in [-0.39, 0.29) is 17.7 Å². The summed E-state index contributed by atoms with van der Waals surface area (Å²) in [6, 6.07) is 7.27. The fourth-order valence-corrected chi connectivity index (χ4v) is 5.19. The average molecular weight is 477 g/mol. The number of halogens is 2. The van der Waals surface area contributed by atoms with Gasteiger partial charge in [-0.15, -0.1) is 0 Å². The third-order valence-electron chi connectivity index (χ3n) is 6.67. The van der Waals surface area contributed by atoms with Crippen molar-refractivity contribution in [1.29, 1.82) is 0 Å². The fraction of sp³-hybridized carbons (Fsp3) is 0.542. The summed E-state index contributed by atoms with van der Waals surface area (Å²) in [5, 5.41) is 14.2. The number of rotatable bonds is 7. The molecule has 4 rings (SSSR count). The monoisotopic (exact) mass is 476 g/mol. The fourth-order valence-electron chi connectivity index (χ4n) is 4.84. The number of nitrogens with zero attached hydrogens (tertiary/aromatic N) is 3. The van der Waals surface area contributed by atoms with E-state index in [4.69, 9.17) is 23.2 Å². The number of hydrogen-bond acceptors (Lipinski definition) is 5. The number of carbonyl (C=O) groups is 1. The Labute approximate surface area is 199 Å². The summed E-state index contributed by atoms with van der Waals surface area (Å²) in [6.07, 6.45) is 11.0. The zero-order valence-corrected chi connectivity index (χ0v) is 19.7. The number of benzene rings is 1. The van der Waals surface area contributed by atoms with E-state index >= 15 is 0 Å². The molecule has 0 radical (unpaired) electrons. The van der Waals surface area contributed by atoms with E-state index in [1.54, 1.807) is 18.3 Å². The highest BCUT2D eigenvalue weighted by Crippen LogP contribution is 2.33. The van der Waals surface area contributed by atoms with E-state index in [2.05, 4.69) is 20.2 Å². The van der Waals surface area contributed by atoms with Crippen molar-refractivity contribution in [1.82, 2.24) is 15.3 Å². The highest BCUT2D eigenvalue weighted by atomic mass is 35.5. The minimum atomic E-state index is -0.829. The molecule has 2 aliphatic carbocycles. The molecule has 32 heavy (non-hydrogen) atoms. The lowest BCUT2D eigenvalue weighted by Crippen LogP contribution is -2.44. The van der Waals surface area contributed by atoms with E-state index < -0.39 is 5.60 Å². The smallest absolute Gasteiger partial charge is 0.252 e. The van der Waals surface area contributed by atoms with Gasteiger partial charge in [0.1, 0.15) is 5.82 Å². The molecule has 8 heteroatoms. The number of aliphatic hydroxyl groups is 1. The maximum atomic E-state index is 13.0. The standard InChI is InChI=1S/C24H30Cl2N4O2/c25-20-9-8-18(14-19(20)22(31)28-16-24(32)11-4-1-5-12-24)30(15-17-6-2-3-7-17)21-10-13-27-23(26)29-21/h8-10,13-14,17,32H,1-7,11-12,15-16H2,(H,28,31). The van der Waals surface area contributed by atoms with Crippen LogP contribution in [0, 0.1) is 5.92 Å². The second kappa shape index (κ2) is 10.4. The van der Waals surface area contributed by atoms with E-state index in [0.29, 0.717) is 35.2 Å². The maximum absolute atomic E-state index is 13.0. The van der Waals surface area contributed by atoms with Gasteiger partial charge in [0.05, 0.1) is 16.2 Å². The molecule has 172 valence electrons. The lowest BCUT2D eigenvalue weighted by atomic mass is 9.85. The number of hydrogen-bond donors (Lipinski definition) is 2. The van der Waals surface area contributed by atoms with Gasteiger partial charge in [-0.1, -0.05) is 43.7 Å². The highest BCUT2D eigenvalue weighted by molar-refractivity contribution is 6.34. The zero-order chi connectivity index (χ0) is 22.6. The zero-order valence-electron chi connectivity index (χ0n) is 18.2. The first-order valence-corrected chi connectivity index (χ1v) is 12.3. The Bertz CT molecular complexity index is 943. The van der Waals surface area contributed by atoms with E-state index in [0.717, 1.165) is 31.5 Å². The molecule has 2 saturated carbocycles. The van der Waals surface area contributed by atoms with Crippen LogP contribution in [0.5, 0.6) is 0 Å². The van der Waals surface area contributed by atoms with Crippen molar-refractivity contribution in [2.45, 2.75) is 63.4 Å². The number of amides is 1. The van der Waals surface area contributed by atoms with Crippen LogP contribution in [0.2, 0.25) is 10.3 Å². The third-order valence-corrected chi connectivity index (χ3v) is 7.18. The van der Waals surface area contributed by atoms with Gasteiger partial charge in [0.2, 0.25) is 5.28 Å². The van der Waals surface area contributed by atoms with E-state index in [1.807, 2.05) is 12.1 Å². The van der Waals surface area contributed by atoms with Crippen molar-refractivity contribution >= 4 is 40.6 Å². The minimum Gasteiger partial charge on any atom is -0.388 e. The summed E-state index contributed by atoms with van der Waals surface area (Å²) in [4.78, 5) is 23.5. The molecule has 0 aliphatic heterocycles. The molecule has 2 aliphatic rings. The molecule has 0 bridgehead atoms. The van der Waals surface area contributed by atoms with Crippen LogP contribution in [0.25, 0.3) is 0 Å². The maximum Gasteiger partial charge on any atom is 0.252 e. The highest BCUT2D eigenvalue weighted by Gasteiger charge is 2.30. The van der Waals surface area contributed by atoms with Gasteiger partial charge < -0.3 is 15.3 Å². The van der Waals surface area contributed by atoms with Gasteiger partial charge >= 0.3 is 0 Å². The van der Waals surface area contributed by atoms with Crippen LogP contribution in [-0.2, 0) is 0 Å². The van der Waals surface area contributed by atoms with Crippen LogP contribution in [0.3, 0.4) is 0 Å². The topological polar surface area (TPSA) is 78.4 Å². The molecular formula is C24H30Cl2N4O2. The Balaban J connectivity index is 1.56. The first-order chi connectivity index (χ1) is 15.4. The van der Waals surface area contributed by atoms with Crippen molar-refractivity contribution in [3.05, 3.63) is 46.3 Å². The molecule has 0 saturated heterocycles. The van der Waals surface area contributed by atoms with Gasteiger partial charge in [-0.2, -0.15) is 0 Å². The van der Waals surface area contributed by atoms with Crippen LogP contribution in [0.4, 0.5) is 11.5 Å². The van der Waals surface area contributed by atoms with E-state index in [9.17, 15) is 9.90 Å². The van der Waals surface area contributed by atoms with Crippen molar-refractivity contribution in [3.63, 3.8) is 0 Å². The predicted molar refractivity (Wildman–Crippen MR) is 128 cm³/mol. The van der Waals surface area contributed by atoms with Crippen LogP contribution in [0.15, 0.2) is 30.5 Å². The second-order valence-corrected chi connectivity index (χ2v) is 9.82. The molecule has 2 N–H and O–H groups in total. The van der Waals surface area contributed by atoms with Gasteiger partial charge in [0.25, 0.3) is 5.91 Å². The number of aromatic nitrogens is 2. The molecule has 2 fully saturated rings. The summed E-state index contributed by atoms with van der Waals surface area (Å²) in [6.45, 7) is 1.02. The van der Waals surface area contributed by atoms with Gasteiger partial charge in [0.15, 0.2) is 0 Å². The SMILES string of the molecule is O=C(NCC1(O)CCCCC1)c1cc(N(CC2CCCC2)c2ccnc(Cl)n2)ccc1Cl. The van der Waals surface area contributed by atoms with Crippen molar-refractivity contribution in [2.24, 2.45) is 5.92 Å². The largest absolute Gasteiger partial charge is 0.388 e. The Kier molecular flexibility index (Phi) is 7.54. The Morgan fingerprint density at radius 1 is 1.12 bits per heavy atom.